The van der Waals surface area contributed by atoms with Gasteiger partial charge in [0.1, 0.15) is 5.60 Å². The molecule has 4 aliphatic carbocycles. The number of esters is 1. The number of rotatable bonds is 3. The maximum absolute atomic E-state index is 13.1. The third-order valence-corrected chi connectivity index (χ3v) is 12.6. The largest absolute Gasteiger partial charge is 0.481 e. The van der Waals surface area contributed by atoms with Crippen LogP contribution in [0.5, 0.6) is 0 Å². The minimum absolute atomic E-state index is 0.0870. The molecule has 5 fully saturated rings. The molecule has 1 aliphatic heterocycles. The summed E-state index contributed by atoms with van der Waals surface area (Å²) in [4.78, 5) is 31.8. The van der Waals surface area contributed by atoms with Crippen LogP contribution in [0.3, 0.4) is 0 Å². The van der Waals surface area contributed by atoms with Crippen molar-refractivity contribution < 1.29 is 64.0 Å². The third kappa shape index (κ3) is 4.60. The lowest BCUT2D eigenvalue weighted by atomic mass is 9.34. The number of methoxy groups -OCH3 is 1. The molecule has 1 aromatic rings. The van der Waals surface area contributed by atoms with E-state index in [1.54, 1.807) is 33.3 Å². The zero-order valence-corrected chi connectivity index (χ0v) is 27.7. The average molecular weight is 655 g/mol. The molecule has 0 amide bonds. The lowest BCUT2D eigenvalue weighted by Gasteiger charge is -2.71. The van der Waals surface area contributed by atoms with E-state index in [0.717, 1.165) is 12.5 Å². The molecule has 1 aromatic heterocycles. The Balaban J connectivity index is 0.000000421. The van der Waals surface area contributed by atoms with Crippen LogP contribution >= 0.6 is 0 Å². The normalized spacial score (nSPS) is 48.2. The quantitative estimate of drug-likeness (QED) is 0.182. The molecular formula is C33H50O13. The van der Waals surface area contributed by atoms with E-state index in [1.165, 1.54) is 7.11 Å². The summed E-state index contributed by atoms with van der Waals surface area (Å²) < 4.78 is 16.9. The zero-order chi connectivity index (χ0) is 34.9. The molecule has 0 aromatic carbocycles. The van der Waals surface area contributed by atoms with Crippen molar-refractivity contribution in [3.8, 4) is 0 Å². The first-order valence-corrected chi connectivity index (χ1v) is 15.8. The average Bonchev–Trinajstić information content (AvgIpc) is 3.33. The van der Waals surface area contributed by atoms with E-state index < -0.39 is 87.5 Å². The van der Waals surface area contributed by atoms with Gasteiger partial charge < -0.3 is 49.6 Å². The second-order valence-corrected chi connectivity index (χ2v) is 14.9. The van der Waals surface area contributed by atoms with Gasteiger partial charge in [0.05, 0.1) is 67.6 Å². The second-order valence-electron chi connectivity index (χ2n) is 14.9. The van der Waals surface area contributed by atoms with Crippen LogP contribution in [0.1, 0.15) is 79.2 Å². The number of epoxide rings is 1. The summed E-state index contributed by atoms with van der Waals surface area (Å²) in [6.45, 7) is 11.6. The monoisotopic (exact) mass is 654 g/mol. The molecular weight excluding hydrogens is 604 g/mol. The highest BCUT2D eigenvalue weighted by Crippen LogP contribution is 2.82. The van der Waals surface area contributed by atoms with Crippen molar-refractivity contribution in [3.63, 3.8) is 0 Å². The fraction of sp³-hybridized carbons (Fsp3) is 0.788. The first-order valence-electron chi connectivity index (χ1n) is 15.8. The van der Waals surface area contributed by atoms with Crippen LogP contribution in [0, 0.1) is 39.4 Å². The summed E-state index contributed by atoms with van der Waals surface area (Å²) in [5.74, 6) is -4.12. The van der Waals surface area contributed by atoms with Crippen molar-refractivity contribution in [2.24, 2.45) is 39.4 Å². The first-order chi connectivity index (χ1) is 21.2. The molecule has 13 heteroatoms. The summed E-state index contributed by atoms with van der Waals surface area (Å²) in [5.41, 5.74) is -4.55. The maximum atomic E-state index is 13.1. The van der Waals surface area contributed by atoms with Crippen LogP contribution in [0.2, 0.25) is 0 Å². The summed E-state index contributed by atoms with van der Waals surface area (Å²) in [7, 11) is 1.26. The van der Waals surface area contributed by atoms with E-state index in [1.807, 2.05) is 26.8 Å². The Bertz CT molecular complexity index is 1310. The van der Waals surface area contributed by atoms with E-state index >= 15 is 0 Å². The van der Waals surface area contributed by atoms with Crippen LogP contribution in [0.15, 0.2) is 23.0 Å². The summed E-state index contributed by atoms with van der Waals surface area (Å²) in [5, 5.41) is 73.7. The maximum Gasteiger partial charge on any atom is 0.314 e. The van der Waals surface area contributed by atoms with E-state index in [9.17, 15) is 35.1 Å². The second kappa shape index (κ2) is 11.9. The van der Waals surface area contributed by atoms with Gasteiger partial charge in [-0.15, -0.1) is 0 Å². The molecule has 4 saturated carbocycles. The molecule has 1 saturated heterocycles. The molecule has 14 atom stereocenters. The minimum atomic E-state index is -1.41. The third-order valence-electron chi connectivity index (χ3n) is 12.6. The Kier molecular flexibility index (Phi) is 9.35. The Morgan fingerprint density at radius 1 is 0.913 bits per heavy atom. The molecule has 46 heavy (non-hydrogen) atoms. The van der Waals surface area contributed by atoms with E-state index in [2.05, 4.69) is 0 Å². The predicted octanol–water partition coefficient (Wildman–Crippen LogP) is 1.78. The van der Waals surface area contributed by atoms with Crippen LogP contribution in [-0.4, -0.2) is 103 Å². The zero-order valence-electron chi connectivity index (χ0n) is 27.7. The number of aliphatic hydroxyl groups is 5. The van der Waals surface area contributed by atoms with Crippen LogP contribution in [0.25, 0.3) is 0 Å². The Labute approximate surface area is 268 Å². The number of aliphatic hydroxyl groups excluding tert-OH is 5. The van der Waals surface area contributed by atoms with Gasteiger partial charge in [-0.1, -0.05) is 34.6 Å². The van der Waals surface area contributed by atoms with Crippen LogP contribution in [-0.2, 0) is 23.9 Å². The number of carboxylic acids is 2. The van der Waals surface area contributed by atoms with Crippen LogP contribution < -0.4 is 0 Å². The molecule has 0 radical (unpaired) electrons. The molecule has 13 nitrogen and oxygen atoms in total. The van der Waals surface area contributed by atoms with Gasteiger partial charge in [-0.3, -0.25) is 14.4 Å². The van der Waals surface area contributed by atoms with Crippen molar-refractivity contribution in [1.82, 2.24) is 0 Å². The van der Waals surface area contributed by atoms with Gasteiger partial charge in [-0.2, -0.15) is 0 Å². The van der Waals surface area contributed by atoms with Gasteiger partial charge in [0.15, 0.2) is 0 Å². The summed E-state index contributed by atoms with van der Waals surface area (Å²) in [6, 6.07) is 1.87. The highest BCUT2D eigenvalue weighted by atomic mass is 16.6. The number of hydrogen-bond acceptors (Lipinski definition) is 11. The Hall–Kier alpha value is -2.55. The molecule has 6 rings (SSSR count). The van der Waals surface area contributed by atoms with Crippen molar-refractivity contribution in [1.29, 1.82) is 0 Å². The summed E-state index contributed by atoms with van der Waals surface area (Å²) in [6.07, 6.45) is -2.23. The van der Waals surface area contributed by atoms with Gasteiger partial charge in [-0.05, 0) is 37.3 Å². The van der Waals surface area contributed by atoms with Gasteiger partial charge in [0.2, 0.25) is 0 Å². The molecule has 1 spiro atoms. The smallest absolute Gasteiger partial charge is 0.314 e. The molecule has 2 heterocycles. The number of fused-ring (bicyclic) bond motifs is 3. The van der Waals surface area contributed by atoms with Crippen LogP contribution in [0.4, 0.5) is 0 Å². The van der Waals surface area contributed by atoms with Gasteiger partial charge in [0, 0.05) is 41.4 Å². The highest BCUT2D eigenvalue weighted by molar-refractivity contribution is 5.78. The predicted molar refractivity (Wildman–Crippen MR) is 160 cm³/mol. The molecule has 14 unspecified atom stereocenters. The fourth-order valence-electron chi connectivity index (χ4n) is 10.3. The molecule has 260 valence electrons. The van der Waals surface area contributed by atoms with Gasteiger partial charge >= 0.3 is 11.9 Å². The lowest BCUT2D eigenvalue weighted by molar-refractivity contribution is -0.326. The van der Waals surface area contributed by atoms with Gasteiger partial charge in [-0.25, -0.2) is 0 Å². The van der Waals surface area contributed by atoms with E-state index in [-0.39, 0.29) is 30.8 Å². The van der Waals surface area contributed by atoms with Gasteiger partial charge in [0.25, 0.3) is 5.97 Å². The Morgan fingerprint density at radius 2 is 1.48 bits per heavy atom. The number of hydrogen-bond donors (Lipinski definition) is 7. The fourth-order valence-corrected chi connectivity index (χ4v) is 10.3. The SMILES string of the molecule is CC(=O)O.CC(C)C(=O)O.COC(=O)C1(C)C(O)CC(O)C2(C)C1CC(O)C1(C)C2C(O)C(O)C2(C)C(c3ccoc3)CC3OC321. The number of furan rings is 1. The minimum Gasteiger partial charge on any atom is -0.481 e. The molecule has 5 aliphatic rings. The number of carbonyl (C=O) groups is 3. The standard InChI is InChI=1S/C27H38O9.C4H8O2.C2H4O2/c1-23-14(24(2,22(33)34-5)16(29)10-15(23)28)9-17(30)26(4)20(23)19(31)21(32)25(3)13(12-6-7-35-11-12)8-18-27(25,26)36-18;1-3(2)4(5)6;1-2(3)4/h6-7,11,13-21,28-32H,8-10H2,1-5H3;3H,1-2H3,(H,5,6);1H3,(H,3,4). The van der Waals surface area contributed by atoms with Crippen molar-refractivity contribution in [3.05, 3.63) is 24.2 Å². The van der Waals surface area contributed by atoms with E-state index in [4.69, 9.17) is 28.9 Å². The number of aliphatic carboxylic acids is 2. The topological polar surface area (TPSA) is 228 Å². The number of carbonyl (C=O) groups excluding carboxylic acids is 1. The lowest BCUT2D eigenvalue weighted by Crippen LogP contribution is -2.79. The highest BCUT2D eigenvalue weighted by Gasteiger charge is 2.90. The van der Waals surface area contributed by atoms with E-state index in [0.29, 0.717) is 6.42 Å². The number of ether oxygens (including phenoxy) is 2. The summed E-state index contributed by atoms with van der Waals surface area (Å²) >= 11 is 0. The Morgan fingerprint density at radius 3 is 1.96 bits per heavy atom. The van der Waals surface area contributed by atoms with Crippen molar-refractivity contribution in [2.75, 3.05) is 7.11 Å². The first kappa shape index (κ1) is 36.3. The molecule has 0 bridgehead atoms. The van der Waals surface area contributed by atoms with Crippen molar-refractivity contribution >= 4 is 17.9 Å². The number of carboxylic acid groups (broad SMARTS) is 2. The molecule has 7 N–H and O–H groups in total. The van der Waals surface area contributed by atoms with Crippen molar-refractivity contribution in [2.45, 2.75) is 116 Å².